The van der Waals surface area contributed by atoms with Gasteiger partial charge in [-0.3, -0.25) is 0 Å². The molecule has 0 aliphatic heterocycles. The highest BCUT2D eigenvalue weighted by Gasteiger charge is 2.08. The molecule has 0 bridgehead atoms. The number of nitrogens with zero attached hydrogens (tertiary/aromatic N) is 4. The summed E-state index contributed by atoms with van der Waals surface area (Å²) in [5.74, 6) is 2.49. The van der Waals surface area contributed by atoms with Crippen molar-refractivity contribution in [2.24, 2.45) is 13.0 Å². The fourth-order valence-corrected chi connectivity index (χ4v) is 2.89. The van der Waals surface area contributed by atoms with Crippen molar-refractivity contribution >= 4 is 33.4 Å². The van der Waals surface area contributed by atoms with Gasteiger partial charge >= 0.3 is 0 Å². The summed E-state index contributed by atoms with van der Waals surface area (Å²) < 4.78 is 6.47. The van der Waals surface area contributed by atoms with Crippen molar-refractivity contribution in [3.05, 3.63) is 29.8 Å². The second kappa shape index (κ2) is 5.44. The molecule has 0 aliphatic rings. The summed E-state index contributed by atoms with van der Waals surface area (Å²) in [5.41, 5.74) is 3.12. The SMILES string of the molecule is Cc1nc2cc(Nc3nc(CC(C)C)ns3)ccc2n1C. The Labute approximate surface area is 128 Å². The molecule has 0 unspecified atom stereocenters. The zero-order chi connectivity index (χ0) is 15.0. The summed E-state index contributed by atoms with van der Waals surface area (Å²) in [4.78, 5) is 9.07. The van der Waals surface area contributed by atoms with E-state index in [0.29, 0.717) is 5.92 Å². The van der Waals surface area contributed by atoms with Crippen LogP contribution >= 0.6 is 11.5 Å². The zero-order valence-corrected chi connectivity index (χ0v) is 13.5. The van der Waals surface area contributed by atoms with Crippen molar-refractivity contribution in [1.82, 2.24) is 18.9 Å². The largest absolute Gasteiger partial charge is 0.331 e. The van der Waals surface area contributed by atoms with E-state index in [9.17, 15) is 0 Å². The van der Waals surface area contributed by atoms with Crippen molar-refractivity contribution in [1.29, 1.82) is 0 Å². The molecule has 0 saturated carbocycles. The van der Waals surface area contributed by atoms with Crippen molar-refractivity contribution < 1.29 is 0 Å². The van der Waals surface area contributed by atoms with Crippen LogP contribution in [0, 0.1) is 12.8 Å². The maximum atomic E-state index is 4.55. The molecule has 3 aromatic rings. The minimum Gasteiger partial charge on any atom is -0.331 e. The van der Waals surface area contributed by atoms with Crippen LogP contribution in [0.5, 0.6) is 0 Å². The molecule has 0 spiro atoms. The topological polar surface area (TPSA) is 55.6 Å². The molecule has 0 atom stereocenters. The van der Waals surface area contributed by atoms with Gasteiger partial charge in [-0.2, -0.15) is 4.37 Å². The lowest BCUT2D eigenvalue weighted by Crippen LogP contribution is -1.96. The number of rotatable bonds is 4. The van der Waals surface area contributed by atoms with Gasteiger partial charge in [0.15, 0.2) is 0 Å². The van der Waals surface area contributed by atoms with Crippen LogP contribution in [0.15, 0.2) is 18.2 Å². The average Bonchev–Trinajstić information content (AvgIpc) is 2.95. The smallest absolute Gasteiger partial charge is 0.207 e. The second-order valence-electron chi connectivity index (χ2n) is 5.66. The fraction of sp³-hybridized carbons (Fsp3) is 0.400. The molecule has 0 radical (unpaired) electrons. The first-order valence-electron chi connectivity index (χ1n) is 7.05. The van der Waals surface area contributed by atoms with Gasteiger partial charge in [-0.15, -0.1) is 0 Å². The minimum absolute atomic E-state index is 0.570. The van der Waals surface area contributed by atoms with Gasteiger partial charge in [0, 0.05) is 30.7 Å². The molecular weight excluding hydrogens is 282 g/mol. The van der Waals surface area contributed by atoms with Crippen LogP contribution < -0.4 is 5.32 Å². The van der Waals surface area contributed by atoms with E-state index < -0.39 is 0 Å². The van der Waals surface area contributed by atoms with Crippen molar-refractivity contribution in [3.8, 4) is 0 Å². The Morgan fingerprint density at radius 1 is 1.29 bits per heavy atom. The fourth-order valence-electron chi connectivity index (χ4n) is 2.27. The van der Waals surface area contributed by atoms with Crippen LogP contribution in [0.25, 0.3) is 11.0 Å². The average molecular weight is 301 g/mol. The van der Waals surface area contributed by atoms with Crippen molar-refractivity contribution in [2.75, 3.05) is 5.32 Å². The Morgan fingerprint density at radius 2 is 2.10 bits per heavy atom. The number of fused-ring (bicyclic) bond motifs is 1. The standard InChI is InChI=1S/C15H19N5S/c1-9(2)7-14-18-15(21-19-14)17-11-5-6-13-12(8-11)16-10(3)20(13)4/h5-6,8-9H,7H2,1-4H3,(H,17,18,19). The van der Waals surface area contributed by atoms with Gasteiger partial charge < -0.3 is 9.88 Å². The van der Waals surface area contributed by atoms with E-state index in [1.807, 2.05) is 26.1 Å². The van der Waals surface area contributed by atoms with Gasteiger partial charge in [0.1, 0.15) is 11.6 Å². The number of nitrogens with one attached hydrogen (secondary N) is 1. The maximum absolute atomic E-state index is 4.55. The highest BCUT2D eigenvalue weighted by molar-refractivity contribution is 7.09. The van der Waals surface area contributed by atoms with Crippen molar-refractivity contribution in [2.45, 2.75) is 27.2 Å². The molecule has 2 aromatic heterocycles. The number of hydrogen-bond donors (Lipinski definition) is 1. The number of hydrogen-bond acceptors (Lipinski definition) is 5. The van der Waals surface area contributed by atoms with Gasteiger partial charge in [-0.05, 0) is 31.0 Å². The Hall–Kier alpha value is -1.95. The Kier molecular flexibility index (Phi) is 3.63. The first kappa shape index (κ1) is 14.0. The highest BCUT2D eigenvalue weighted by atomic mass is 32.1. The highest BCUT2D eigenvalue weighted by Crippen LogP contribution is 2.23. The van der Waals surface area contributed by atoms with Crippen LogP contribution in [-0.4, -0.2) is 18.9 Å². The summed E-state index contributed by atoms with van der Waals surface area (Å²) in [7, 11) is 2.03. The van der Waals surface area contributed by atoms with Gasteiger partial charge in [-0.25, -0.2) is 9.97 Å². The van der Waals surface area contributed by atoms with E-state index in [4.69, 9.17) is 0 Å². The molecule has 1 N–H and O–H groups in total. The van der Waals surface area contributed by atoms with E-state index in [2.05, 4.69) is 44.1 Å². The summed E-state index contributed by atoms with van der Waals surface area (Å²) >= 11 is 1.40. The van der Waals surface area contributed by atoms with Crippen LogP contribution in [0.3, 0.4) is 0 Å². The second-order valence-corrected chi connectivity index (χ2v) is 6.41. The van der Waals surface area contributed by atoms with Crippen LogP contribution in [-0.2, 0) is 13.5 Å². The first-order chi connectivity index (χ1) is 10.0. The summed E-state index contributed by atoms with van der Waals surface area (Å²) in [6.45, 7) is 6.35. The van der Waals surface area contributed by atoms with Gasteiger partial charge in [0.25, 0.3) is 0 Å². The Bertz CT molecular complexity index is 772. The monoisotopic (exact) mass is 301 g/mol. The van der Waals surface area contributed by atoms with E-state index >= 15 is 0 Å². The predicted molar refractivity (Wildman–Crippen MR) is 87.2 cm³/mol. The maximum Gasteiger partial charge on any atom is 0.207 e. The van der Waals surface area contributed by atoms with Crippen LogP contribution in [0.4, 0.5) is 10.8 Å². The van der Waals surface area contributed by atoms with Gasteiger partial charge in [0.2, 0.25) is 5.13 Å². The number of anilines is 2. The lowest BCUT2D eigenvalue weighted by atomic mass is 10.1. The predicted octanol–water partition coefficient (Wildman–Crippen LogP) is 3.68. The number of aryl methyl sites for hydroxylation is 2. The summed E-state index contributed by atoms with van der Waals surface area (Å²) in [6, 6.07) is 6.17. The van der Waals surface area contributed by atoms with E-state index in [-0.39, 0.29) is 0 Å². The quantitative estimate of drug-likeness (QED) is 0.798. The molecule has 0 saturated heterocycles. The molecule has 1 aromatic carbocycles. The zero-order valence-electron chi connectivity index (χ0n) is 12.7. The Morgan fingerprint density at radius 3 is 2.86 bits per heavy atom. The summed E-state index contributed by atoms with van der Waals surface area (Å²) in [5, 5.41) is 4.15. The van der Waals surface area contributed by atoms with Crippen LogP contribution in [0.1, 0.15) is 25.5 Å². The molecule has 0 fully saturated rings. The normalized spacial score (nSPS) is 11.5. The third-order valence-corrected chi connectivity index (χ3v) is 4.08. The first-order valence-corrected chi connectivity index (χ1v) is 7.83. The van der Waals surface area contributed by atoms with E-state index in [0.717, 1.165) is 39.9 Å². The molecule has 5 nitrogen and oxygen atoms in total. The molecule has 21 heavy (non-hydrogen) atoms. The molecule has 0 amide bonds. The minimum atomic E-state index is 0.570. The molecule has 0 aliphatic carbocycles. The van der Waals surface area contributed by atoms with Gasteiger partial charge in [0.05, 0.1) is 11.0 Å². The molecular formula is C15H19N5S. The molecule has 3 rings (SSSR count). The van der Waals surface area contributed by atoms with Crippen molar-refractivity contribution in [3.63, 3.8) is 0 Å². The summed E-state index contributed by atoms with van der Waals surface area (Å²) in [6.07, 6.45) is 0.913. The van der Waals surface area contributed by atoms with E-state index in [1.54, 1.807) is 0 Å². The lowest BCUT2D eigenvalue weighted by Gasteiger charge is -2.02. The lowest BCUT2D eigenvalue weighted by molar-refractivity contribution is 0.627. The number of aromatic nitrogens is 4. The number of benzene rings is 1. The van der Waals surface area contributed by atoms with Gasteiger partial charge in [-0.1, -0.05) is 13.8 Å². The third-order valence-electron chi connectivity index (χ3n) is 3.41. The molecule has 110 valence electrons. The molecule has 2 heterocycles. The third kappa shape index (κ3) is 2.90. The van der Waals surface area contributed by atoms with Crippen LogP contribution in [0.2, 0.25) is 0 Å². The molecule has 6 heteroatoms. The Balaban J connectivity index is 1.82. The number of imidazole rings is 1. The van der Waals surface area contributed by atoms with E-state index in [1.165, 1.54) is 11.5 Å².